The predicted molar refractivity (Wildman–Crippen MR) is 97.3 cm³/mol. The van der Waals surface area contributed by atoms with Gasteiger partial charge in [0, 0.05) is 30.1 Å². The second kappa shape index (κ2) is 7.73. The first-order valence-electron chi connectivity index (χ1n) is 8.61. The summed E-state index contributed by atoms with van der Waals surface area (Å²) in [5, 5.41) is 2.80. The largest absolute Gasteiger partial charge is 0.380 e. The highest BCUT2D eigenvalue weighted by Crippen LogP contribution is 2.28. The molecule has 0 spiro atoms. The van der Waals surface area contributed by atoms with E-state index in [1.54, 1.807) is 6.92 Å². The van der Waals surface area contributed by atoms with E-state index >= 15 is 0 Å². The monoisotopic (exact) mass is 373 g/mol. The van der Waals surface area contributed by atoms with Crippen molar-refractivity contribution in [3.8, 4) is 0 Å². The number of hydrogen-bond acceptors (Lipinski definition) is 4. The molecule has 4 nitrogen and oxygen atoms in total. The summed E-state index contributed by atoms with van der Waals surface area (Å²) < 4.78 is 43.2. The van der Waals surface area contributed by atoms with Gasteiger partial charge >= 0.3 is 0 Å². The van der Waals surface area contributed by atoms with Gasteiger partial charge in [-0.1, -0.05) is 13.3 Å². The number of benzene rings is 2. The van der Waals surface area contributed by atoms with E-state index in [0.29, 0.717) is 17.5 Å². The lowest BCUT2D eigenvalue weighted by Gasteiger charge is -2.17. The van der Waals surface area contributed by atoms with E-state index in [0.717, 1.165) is 12.5 Å². The fourth-order valence-electron chi connectivity index (χ4n) is 2.93. The molecule has 0 aliphatic carbocycles. The molecular formula is C20H18F3N3O. The first-order chi connectivity index (χ1) is 12.9. The van der Waals surface area contributed by atoms with Crippen molar-refractivity contribution in [2.45, 2.75) is 32.7 Å². The Labute approximate surface area is 154 Å². The number of carbonyl (C=O) groups excluding carboxylic acids is 1. The Morgan fingerprint density at radius 1 is 1.07 bits per heavy atom. The van der Waals surface area contributed by atoms with Crippen molar-refractivity contribution in [1.82, 2.24) is 9.97 Å². The Morgan fingerprint density at radius 2 is 1.78 bits per heavy atom. The molecule has 3 rings (SSSR count). The summed E-state index contributed by atoms with van der Waals surface area (Å²) in [5.74, 6) is -4.86. The maximum Gasteiger partial charge on any atom is 0.199 e. The molecule has 140 valence electrons. The number of anilines is 1. The Bertz CT molecular complexity index is 1010. The lowest BCUT2D eigenvalue weighted by Crippen LogP contribution is -2.18. The van der Waals surface area contributed by atoms with Crippen molar-refractivity contribution in [3.05, 3.63) is 65.2 Å². The van der Waals surface area contributed by atoms with Gasteiger partial charge in [0.1, 0.15) is 0 Å². The molecule has 3 aromatic rings. The number of nitrogens with one attached hydrogen (secondary N) is 1. The van der Waals surface area contributed by atoms with Crippen molar-refractivity contribution >= 4 is 22.5 Å². The maximum atomic E-state index is 14.8. The van der Waals surface area contributed by atoms with E-state index in [1.165, 1.54) is 30.6 Å². The number of ketones is 1. The minimum absolute atomic E-state index is 0.000966. The molecule has 1 unspecified atom stereocenters. The molecule has 0 saturated heterocycles. The standard InChI is InChI=1S/C20H18F3N3O/c1-3-4-11(2)26-16-10-13(21)18(22)17(19(16)23)20(27)12-5-6-14-15(9-12)25-8-7-24-14/h5-11,26H,3-4H2,1-2H3. The Morgan fingerprint density at radius 3 is 2.48 bits per heavy atom. The van der Waals surface area contributed by atoms with Crippen molar-refractivity contribution in [2.24, 2.45) is 0 Å². The SMILES string of the molecule is CCCC(C)Nc1cc(F)c(F)c(C(=O)c2ccc3nccnc3c2)c1F. The molecule has 0 fully saturated rings. The second-order valence-electron chi connectivity index (χ2n) is 6.33. The van der Waals surface area contributed by atoms with Crippen LogP contribution in [-0.2, 0) is 0 Å². The van der Waals surface area contributed by atoms with Crippen LogP contribution in [0.2, 0.25) is 0 Å². The van der Waals surface area contributed by atoms with Crippen LogP contribution in [0.4, 0.5) is 18.9 Å². The van der Waals surface area contributed by atoms with Gasteiger partial charge in [0.05, 0.1) is 22.3 Å². The minimum atomic E-state index is -1.51. The average molecular weight is 373 g/mol. The molecular weight excluding hydrogens is 355 g/mol. The van der Waals surface area contributed by atoms with Gasteiger partial charge < -0.3 is 5.32 Å². The maximum absolute atomic E-state index is 14.8. The van der Waals surface area contributed by atoms with Gasteiger partial charge in [-0.25, -0.2) is 13.2 Å². The molecule has 0 aliphatic rings. The highest BCUT2D eigenvalue weighted by molar-refractivity contribution is 6.11. The molecule has 1 aromatic heterocycles. The summed E-state index contributed by atoms with van der Waals surface area (Å²) in [7, 11) is 0. The zero-order valence-electron chi connectivity index (χ0n) is 14.9. The van der Waals surface area contributed by atoms with Crippen LogP contribution in [0.25, 0.3) is 11.0 Å². The lowest BCUT2D eigenvalue weighted by molar-refractivity contribution is 0.103. The normalized spacial score (nSPS) is 12.2. The van der Waals surface area contributed by atoms with Crippen molar-refractivity contribution in [2.75, 3.05) is 5.32 Å². The van der Waals surface area contributed by atoms with Crippen LogP contribution in [0.1, 0.15) is 42.6 Å². The predicted octanol–water partition coefficient (Wildman–Crippen LogP) is 4.88. The zero-order chi connectivity index (χ0) is 19.6. The van der Waals surface area contributed by atoms with Gasteiger partial charge in [0.2, 0.25) is 0 Å². The summed E-state index contributed by atoms with van der Waals surface area (Å²) in [5.41, 5.74) is -0.234. The van der Waals surface area contributed by atoms with Crippen LogP contribution in [0.5, 0.6) is 0 Å². The van der Waals surface area contributed by atoms with E-state index < -0.39 is 28.8 Å². The molecule has 0 saturated carbocycles. The minimum Gasteiger partial charge on any atom is -0.380 e. The summed E-state index contributed by atoms with van der Waals surface area (Å²) in [6.07, 6.45) is 4.48. The quantitative estimate of drug-likeness (QED) is 0.494. The van der Waals surface area contributed by atoms with Crippen LogP contribution >= 0.6 is 0 Å². The Balaban J connectivity index is 2.05. The molecule has 1 atom stereocenters. The van der Waals surface area contributed by atoms with Crippen LogP contribution in [-0.4, -0.2) is 21.8 Å². The van der Waals surface area contributed by atoms with Crippen LogP contribution < -0.4 is 5.32 Å². The van der Waals surface area contributed by atoms with E-state index in [-0.39, 0.29) is 17.3 Å². The van der Waals surface area contributed by atoms with Crippen LogP contribution in [0.15, 0.2) is 36.7 Å². The zero-order valence-corrected chi connectivity index (χ0v) is 14.9. The number of halogens is 3. The van der Waals surface area contributed by atoms with Gasteiger partial charge in [0.25, 0.3) is 0 Å². The molecule has 1 heterocycles. The van der Waals surface area contributed by atoms with E-state index in [9.17, 15) is 18.0 Å². The third-order valence-corrected chi connectivity index (χ3v) is 4.24. The summed E-state index contributed by atoms with van der Waals surface area (Å²) in [6, 6.07) is 4.86. The summed E-state index contributed by atoms with van der Waals surface area (Å²) >= 11 is 0. The number of carbonyl (C=O) groups is 1. The molecule has 0 radical (unpaired) electrons. The molecule has 2 aromatic carbocycles. The number of nitrogens with zero attached hydrogens (tertiary/aromatic N) is 2. The van der Waals surface area contributed by atoms with E-state index in [2.05, 4.69) is 15.3 Å². The van der Waals surface area contributed by atoms with Crippen molar-refractivity contribution in [3.63, 3.8) is 0 Å². The number of fused-ring (bicyclic) bond motifs is 1. The smallest absolute Gasteiger partial charge is 0.199 e. The van der Waals surface area contributed by atoms with Gasteiger partial charge in [-0.3, -0.25) is 14.8 Å². The van der Waals surface area contributed by atoms with Gasteiger partial charge in [-0.2, -0.15) is 0 Å². The highest BCUT2D eigenvalue weighted by Gasteiger charge is 2.26. The number of aromatic nitrogens is 2. The average Bonchev–Trinajstić information content (AvgIpc) is 2.66. The van der Waals surface area contributed by atoms with E-state index in [1.807, 2.05) is 6.92 Å². The second-order valence-corrected chi connectivity index (χ2v) is 6.33. The molecule has 27 heavy (non-hydrogen) atoms. The number of hydrogen-bond donors (Lipinski definition) is 1. The Kier molecular flexibility index (Phi) is 5.39. The first-order valence-corrected chi connectivity index (χ1v) is 8.61. The topological polar surface area (TPSA) is 54.9 Å². The molecule has 7 heteroatoms. The third-order valence-electron chi connectivity index (χ3n) is 4.24. The van der Waals surface area contributed by atoms with Crippen LogP contribution in [0.3, 0.4) is 0 Å². The van der Waals surface area contributed by atoms with E-state index in [4.69, 9.17) is 0 Å². The fourth-order valence-corrected chi connectivity index (χ4v) is 2.93. The molecule has 0 amide bonds. The molecule has 1 N–H and O–H groups in total. The lowest BCUT2D eigenvalue weighted by atomic mass is 10.00. The van der Waals surface area contributed by atoms with Gasteiger partial charge in [-0.05, 0) is 31.5 Å². The van der Waals surface area contributed by atoms with Gasteiger partial charge in [-0.15, -0.1) is 0 Å². The highest BCUT2D eigenvalue weighted by atomic mass is 19.2. The molecule has 0 aliphatic heterocycles. The molecule has 0 bridgehead atoms. The fraction of sp³-hybridized carbons (Fsp3) is 0.250. The number of rotatable bonds is 6. The first kappa shape index (κ1) is 18.8. The third kappa shape index (κ3) is 3.77. The van der Waals surface area contributed by atoms with Crippen molar-refractivity contribution < 1.29 is 18.0 Å². The summed E-state index contributed by atoms with van der Waals surface area (Å²) in [4.78, 5) is 20.9. The Hall–Kier alpha value is -2.96. The van der Waals surface area contributed by atoms with Crippen LogP contribution in [0, 0.1) is 17.5 Å². The van der Waals surface area contributed by atoms with Gasteiger partial charge in [0.15, 0.2) is 23.2 Å². The summed E-state index contributed by atoms with van der Waals surface area (Å²) in [6.45, 7) is 3.76. The van der Waals surface area contributed by atoms with Crippen molar-refractivity contribution in [1.29, 1.82) is 0 Å².